The van der Waals surface area contributed by atoms with E-state index in [4.69, 9.17) is 0 Å². The summed E-state index contributed by atoms with van der Waals surface area (Å²) < 4.78 is 0. The first-order chi connectivity index (χ1) is 9.36. The van der Waals surface area contributed by atoms with Gasteiger partial charge in [0.1, 0.15) is 0 Å². The topological polar surface area (TPSA) is 24.4 Å². The van der Waals surface area contributed by atoms with Crippen LogP contribution in [0, 0.1) is 0 Å². The van der Waals surface area contributed by atoms with Crippen LogP contribution in [0.1, 0.15) is 17.5 Å². The Bertz CT molecular complexity index is 620. The molecular weight excluding hydrogens is 252 g/mol. The quantitative estimate of drug-likeness (QED) is 0.843. The maximum Gasteiger partial charge on any atom is 0.0829 e. The summed E-state index contributed by atoms with van der Waals surface area (Å²) >= 11 is 1.77. The Morgan fingerprint density at radius 3 is 3.05 bits per heavy atom. The standard InChI is InChI=1S/C16H16N2S/c1-2-12-4-6-16(10-17-11-18-16)8-15(12)14(3-1)13-5-7-19-9-13/h1-3,5,7,9,11H,4,6,8,10H2,(H,17,18). The van der Waals surface area contributed by atoms with Gasteiger partial charge in [-0.3, -0.25) is 4.99 Å². The number of hydrogen-bond acceptors (Lipinski definition) is 3. The lowest BCUT2D eigenvalue weighted by Gasteiger charge is -2.35. The van der Waals surface area contributed by atoms with E-state index in [0.29, 0.717) is 0 Å². The molecular formula is C16H16N2S. The average Bonchev–Trinajstić information content (AvgIpc) is 3.10. The van der Waals surface area contributed by atoms with E-state index in [1.165, 1.54) is 28.7 Å². The van der Waals surface area contributed by atoms with Gasteiger partial charge < -0.3 is 5.32 Å². The predicted octanol–water partition coefficient (Wildman–Crippen LogP) is 3.27. The molecule has 2 nitrogen and oxygen atoms in total. The van der Waals surface area contributed by atoms with Gasteiger partial charge in [-0.2, -0.15) is 11.3 Å². The molecule has 1 aliphatic carbocycles. The van der Waals surface area contributed by atoms with Crippen LogP contribution in [0.3, 0.4) is 0 Å². The zero-order valence-electron chi connectivity index (χ0n) is 10.7. The number of nitrogens with one attached hydrogen (secondary N) is 1. The first-order valence-corrected chi connectivity index (χ1v) is 7.70. The highest BCUT2D eigenvalue weighted by molar-refractivity contribution is 7.08. The second kappa shape index (κ2) is 4.20. The lowest BCUT2D eigenvalue weighted by atomic mass is 9.76. The third-order valence-corrected chi connectivity index (χ3v) is 5.03. The van der Waals surface area contributed by atoms with Crippen LogP contribution in [0.25, 0.3) is 11.1 Å². The van der Waals surface area contributed by atoms with Crippen molar-refractivity contribution in [3.63, 3.8) is 0 Å². The first-order valence-electron chi connectivity index (χ1n) is 6.76. The van der Waals surface area contributed by atoms with Gasteiger partial charge in [-0.15, -0.1) is 0 Å². The van der Waals surface area contributed by atoms with Gasteiger partial charge in [0.15, 0.2) is 0 Å². The molecule has 1 aromatic carbocycles. The van der Waals surface area contributed by atoms with Gasteiger partial charge in [0, 0.05) is 0 Å². The van der Waals surface area contributed by atoms with Crippen LogP contribution >= 0.6 is 11.3 Å². The van der Waals surface area contributed by atoms with Crippen molar-refractivity contribution in [1.29, 1.82) is 0 Å². The van der Waals surface area contributed by atoms with Gasteiger partial charge in [0.25, 0.3) is 0 Å². The minimum atomic E-state index is 0.180. The molecule has 0 saturated heterocycles. The van der Waals surface area contributed by atoms with E-state index in [1.54, 1.807) is 11.3 Å². The van der Waals surface area contributed by atoms with Gasteiger partial charge in [-0.05, 0) is 58.3 Å². The van der Waals surface area contributed by atoms with Crippen molar-refractivity contribution in [3.8, 4) is 11.1 Å². The first kappa shape index (κ1) is 11.2. The largest absolute Gasteiger partial charge is 0.369 e. The molecule has 1 N–H and O–H groups in total. The molecule has 4 rings (SSSR count). The number of thiophene rings is 1. The lowest BCUT2D eigenvalue weighted by molar-refractivity contribution is 0.364. The molecule has 0 bridgehead atoms. The summed E-state index contributed by atoms with van der Waals surface area (Å²) in [4.78, 5) is 4.39. The van der Waals surface area contributed by atoms with Gasteiger partial charge in [-0.25, -0.2) is 0 Å². The Labute approximate surface area is 117 Å². The van der Waals surface area contributed by atoms with E-state index in [0.717, 1.165) is 19.4 Å². The molecule has 3 heteroatoms. The fraction of sp³-hybridized carbons (Fsp3) is 0.312. The van der Waals surface area contributed by atoms with Crippen LogP contribution < -0.4 is 5.32 Å². The zero-order valence-corrected chi connectivity index (χ0v) is 11.5. The molecule has 1 aliphatic heterocycles. The van der Waals surface area contributed by atoms with Crippen molar-refractivity contribution in [2.75, 3.05) is 6.54 Å². The second-order valence-electron chi connectivity index (χ2n) is 5.53. The average molecular weight is 268 g/mol. The summed E-state index contributed by atoms with van der Waals surface area (Å²) in [6.07, 6.45) is 5.32. The van der Waals surface area contributed by atoms with Crippen molar-refractivity contribution < 1.29 is 0 Å². The van der Waals surface area contributed by atoms with Crippen molar-refractivity contribution >= 4 is 17.7 Å². The maximum absolute atomic E-state index is 4.39. The van der Waals surface area contributed by atoms with Crippen LogP contribution in [0.4, 0.5) is 0 Å². The number of aryl methyl sites for hydroxylation is 1. The third kappa shape index (κ3) is 1.80. The molecule has 0 amide bonds. The van der Waals surface area contributed by atoms with Crippen molar-refractivity contribution in [1.82, 2.24) is 5.32 Å². The summed E-state index contributed by atoms with van der Waals surface area (Å²) in [7, 11) is 0. The molecule has 2 heterocycles. The molecule has 1 unspecified atom stereocenters. The van der Waals surface area contributed by atoms with Crippen LogP contribution in [0.2, 0.25) is 0 Å². The molecule has 0 radical (unpaired) electrons. The highest BCUT2D eigenvalue weighted by Crippen LogP contribution is 2.37. The Morgan fingerprint density at radius 2 is 2.26 bits per heavy atom. The highest BCUT2D eigenvalue weighted by Gasteiger charge is 2.36. The SMILES string of the molecule is C1=NCC2(CCc3cccc(-c4ccsc4)c3C2)N1. The Kier molecular flexibility index (Phi) is 2.49. The number of nitrogens with zero attached hydrogens (tertiary/aromatic N) is 1. The smallest absolute Gasteiger partial charge is 0.0829 e. The highest BCUT2D eigenvalue weighted by atomic mass is 32.1. The Hall–Kier alpha value is -1.61. The number of benzene rings is 1. The van der Waals surface area contributed by atoms with Crippen LogP contribution in [-0.4, -0.2) is 18.4 Å². The van der Waals surface area contributed by atoms with E-state index in [2.05, 4.69) is 45.3 Å². The fourth-order valence-electron chi connectivity index (χ4n) is 3.27. The van der Waals surface area contributed by atoms with Crippen LogP contribution in [0.15, 0.2) is 40.0 Å². The summed E-state index contributed by atoms with van der Waals surface area (Å²) in [6, 6.07) is 8.96. The van der Waals surface area contributed by atoms with Crippen molar-refractivity contribution in [3.05, 3.63) is 46.2 Å². The van der Waals surface area contributed by atoms with Crippen LogP contribution in [-0.2, 0) is 12.8 Å². The monoisotopic (exact) mass is 268 g/mol. The molecule has 2 aliphatic rings. The second-order valence-corrected chi connectivity index (χ2v) is 6.31. The molecule has 1 spiro atoms. The zero-order chi connectivity index (χ0) is 12.7. The fourth-order valence-corrected chi connectivity index (χ4v) is 3.93. The predicted molar refractivity (Wildman–Crippen MR) is 81.0 cm³/mol. The van der Waals surface area contributed by atoms with Crippen LogP contribution in [0.5, 0.6) is 0 Å². The van der Waals surface area contributed by atoms with Gasteiger partial charge in [-0.1, -0.05) is 18.2 Å². The molecule has 96 valence electrons. The third-order valence-electron chi connectivity index (χ3n) is 4.35. The van der Waals surface area contributed by atoms with E-state index in [1.807, 2.05) is 6.34 Å². The maximum atomic E-state index is 4.39. The normalized spacial score (nSPS) is 24.4. The molecule has 2 aromatic rings. The van der Waals surface area contributed by atoms with E-state index in [-0.39, 0.29) is 5.54 Å². The van der Waals surface area contributed by atoms with E-state index < -0.39 is 0 Å². The van der Waals surface area contributed by atoms with E-state index >= 15 is 0 Å². The summed E-state index contributed by atoms with van der Waals surface area (Å²) in [5.74, 6) is 0. The number of fused-ring (bicyclic) bond motifs is 1. The lowest BCUT2D eigenvalue weighted by Crippen LogP contribution is -2.48. The molecule has 0 fully saturated rings. The van der Waals surface area contributed by atoms with Gasteiger partial charge >= 0.3 is 0 Å². The Balaban J connectivity index is 1.80. The molecule has 19 heavy (non-hydrogen) atoms. The Morgan fingerprint density at radius 1 is 1.26 bits per heavy atom. The summed E-state index contributed by atoms with van der Waals surface area (Å²) in [6.45, 7) is 0.921. The number of hydrogen-bond donors (Lipinski definition) is 1. The van der Waals surface area contributed by atoms with Crippen molar-refractivity contribution in [2.24, 2.45) is 4.99 Å². The van der Waals surface area contributed by atoms with E-state index in [9.17, 15) is 0 Å². The number of aliphatic imine (C=N–C) groups is 1. The minimum absolute atomic E-state index is 0.180. The molecule has 1 atom stereocenters. The van der Waals surface area contributed by atoms with Gasteiger partial charge in [0.2, 0.25) is 0 Å². The minimum Gasteiger partial charge on any atom is -0.369 e. The van der Waals surface area contributed by atoms with Crippen molar-refractivity contribution in [2.45, 2.75) is 24.8 Å². The number of rotatable bonds is 1. The summed E-state index contributed by atoms with van der Waals surface area (Å²) in [5.41, 5.74) is 5.98. The summed E-state index contributed by atoms with van der Waals surface area (Å²) in [5, 5.41) is 7.90. The van der Waals surface area contributed by atoms with Gasteiger partial charge in [0.05, 0.1) is 18.4 Å². The molecule has 0 saturated carbocycles. The molecule has 1 aromatic heterocycles.